The van der Waals surface area contributed by atoms with E-state index in [9.17, 15) is 27.6 Å². The molecule has 0 aromatic heterocycles. The van der Waals surface area contributed by atoms with Crippen LogP contribution in [0.5, 0.6) is 0 Å². The van der Waals surface area contributed by atoms with Gasteiger partial charge in [0.05, 0.1) is 55.4 Å². The predicted octanol–water partition coefficient (Wildman–Crippen LogP) is 10.3. The Balaban J connectivity index is -0.000000140. The van der Waals surface area contributed by atoms with E-state index in [1.807, 2.05) is 116 Å². The van der Waals surface area contributed by atoms with Gasteiger partial charge >= 0.3 is 5.97 Å². The van der Waals surface area contributed by atoms with Crippen molar-refractivity contribution in [3.05, 3.63) is 12.3 Å². The first kappa shape index (κ1) is 85.2. The van der Waals surface area contributed by atoms with E-state index in [-0.39, 0.29) is 110 Å². The molecule has 74 heavy (non-hydrogen) atoms. The molecule has 1 aliphatic heterocycles. The molecule has 2 N–H and O–H groups in total. The maximum absolute atomic E-state index is 11.5. The fraction of sp³-hybridized carbons (Fsp3) is 0.891. The lowest BCUT2D eigenvalue weighted by molar-refractivity contribution is -0.150. The average Bonchev–Trinajstić information content (AvgIpc) is 3.26. The van der Waals surface area contributed by atoms with Crippen molar-refractivity contribution in [3.8, 4) is 0 Å². The largest absolute Gasteiger partial charge is 0.510 e. The number of rotatable bonds is 25. The number of Topliss-reactive ketones (excluding diaryl/α,β-unsaturated/α-hetero) is 1. The number of unbranched alkanes of at least 4 members (excludes halogenated alkanes) is 1. The van der Waals surface area contributed by atoms with Crippen molar-refractivity contribution in [1.82, 2.24) is 10.2 Å². The first-order chi connectivity index (χ1) is 33.9. The lowest BCUT2D eigenvalue weighted by Crippen LogP contribution is -2.42. The molecule has 2 amide bonds. The van der Waals surface area contributed by atoms with Gasteiger partial charge in [0.1, 0.15) is 44.7 Å². The minimum absolute atomic E-state index is 0.0141. The zero-order chi connectivity index (χ0) is 59.5. The van der Waals surface area contributed by atoms with E-state index >= 15 is 0 Å². The molecule has 0 saturated carbocycles. The van der Waals surface area contributed by atoms with Crippen LogP contribution >= 0.6 is 0 Å². The lowest BCUT2D eigenvalue weighted by Gasteiger charge is -2.26. The Hall–Kier alpha value is -2.75. The Bertz CT molecular complexity index is 1370. The summed E-state index contributed by atoms with van der Waals surface area (Å²) in [4.78, 5) is 45.4. The van der Waals surface area contributed by atoms with Gasteiger partial charge in [-0.2, -0.15) is 0 Å². The molecule has 0 aromatic carbocycles. The SMILES string of the molecule is C=C(O)COC(C)C.CC(=O)COC(C)C.CC(C)OCC(=O)N1CCCCC1.CC(C)OCC(=O)NC(C)(C)C.CC(C)OCS(C)(=O)=O.CCCCOC(C)C.CCOC(=O)COC(C)C.CCOC(C)C. The van der Waals surface area contributed by atoms with Crippen molar-refractivity contribution < 1.29 is 75.3 Å². The van der Waals surface area contributed by atoms with E-state index in [0.29, 0.717) is 18.8 Å². The number of ether oxygens (including phenoxy) is 9. The van der Waals surface area contributed by atoms with Crippen molar-refractivity contribution in [3.63, 3.8) is 0 Å². The summed E-state index contributed by atoms with van der Waals surface area (Å²) in [6.45, 7) is 52.4. The van der Waals surface area contributed by atoms with Gasteiger partial charge in [0.25, 0.3) is 0 Å². The van der Waals surface area contributed by atoms with Crippen molar-refractivity contribution in [1.29, 1.82) is 0 Å². The lowest BCUT2D eigenvalue weighted by atomic mass is 10.1. The fourth-order valence-corrected chi connectivity index (χ4v) is 4.73. The molecule has 0 unspecified atom stereocenters. The highest BCUT2D eigenvalue weighted by atomic mass is 32.2. The fourth-order valence-electron chi connectivity index (χ4n) is 4.21. The van der Waals surface area contributed by atoms with Gasteiger partial charge < -0.3 is 58.0 Å². The summed E-state index contributed by atoms with van der Waals surface area (Å²) in [6, 6.07) is 0. The van der Waals surface area contributed by atoms with Gasteiger partial charge in [-0.15, -0.1) is 0 Å². The van der Waals surface area contributed by atoms with Crippen LogP contribution < -0.4 is 5.32 Å². The molecule has 0 spiro atoms. The Labute approximate surface area is 453 Å². The number of amides is 2. The second kappa shape index (κ2) is 56.5. The van der Waals surface area contributed by atoms with E-state index in [0.717, 1.165) is 45.4 Å². The van der Waals surface area contributed by atoms with Gasteiger partial charge in [-0.05, 0) is 178 Å². The third kappa shape index (κ3) is 102. The molecule has 0 aliphatic carbocycles. The number of hydrogen-bond donors (Lipinski definition) is 2. The molecule has 1 saturated heterocycles. The number of aliphatic hydroxyl groups excluding tert-OH is 1. The minimum atomic E-state index is -2.94. The molecular formula is C55H116N2O16S. The number of esters is 1. The average molecular weight is 1090 g/mol. The third-order valence-electron chi connectivity index (χ3n) is 7.42. The number of carbonyl (C=O) groups excluding carboxylic acids is 4. The normalized spacial score (nSPS) is 12.0. The maximum Gasteiger partial charge on any atom is 0.332 e. The van der Waals surface area contributed by atoms with Crippen molar-refractivity contribution in [2.45, 2.75) is 246 Å². The van der Waals surface area contributed by atoms with Crippen LogP contribution in [0.25, 0.3) is 0 Å². The third-order valence-corrected chi connectivity index (χ3v) is 7.98. The molecule has 1 fully saturated rings. The van der Waals surface area contributed by atoms with Gasteiger partial charge in [-0.25, -0.2) is 13.2 Å². The van der Waals surface area contributed by atoms with Crippen LogP contribution in [-0.4, -0.2) is 175 Å². The van der Waals surface area contributed by atoms with E-state index in [2.05, 4.69) is 37.4 Å². The number of likely N-dealkylation sites (tertiary alicyclic amines) is 1. The Morgan fingerprint density at radius 2 is 0.959 bits per heavy atom. The first-order valence-electron chi connectivity index (χ1n) is 26.6. The van der Waals surface area contributed by atoms with E-state index in [1.54, 1.807) is 20.8 Å². The zero-order valence-electron chi connectivity index (χ0n) is 51.6. The number of hydrogen-bond acceptors (Lipinski definition) is 16. The van der Waals surface area contributed by atoms with Gasteiger partial charge in [0, 0.05) is 38.1 Å². The predicted molar refractivity (Wildman–Crippen MR) is 302 cm³/mol. The Morgan fingerprint density at radius 3 is 1.24 bits per heavy atom. The van der Waals surface area contributed by atoms with Crippen LogP contribution in [0, 0.1) is 0 Å². The standard InChI is InChI=1S/C10H19NO2.C9H19NO2.C7H14O3.C7H16O.2C6H12O2.C5H12O3S.C5H12O/c1-9(2)13-8-10(12)11-6-4-3-5-7-11;1-7(2)12-6-8(11)10-9(3,4)5;1-4-9-7(8)5-10-6(2)3;1-4-5-6-8-7(2)3;2*1-5(2)8-4-6(3)7;1-5(2)8-4-9(3,6)7;1-4-6-5(2)3/h9H,3-8H2,1-2H3;7H,6H2,1-5H3,(H,10,11);6H,4-5H2,1-3H3;7H,4-6H2,1-3H3;5H,4H2,1-3H3;5,7H,3-4H2,1-2H3;5H,4H2,1-3H3;5H,4H2,1-3H3. The highest BCUT2D eigenvalue weighted by molar-refractivity contribution is 7.90. The topological polar surface area (TPSA) is 221 Å². The summed E-state index contributed by atoms with van der Waals surface area (Å²) in [5.41, 5.74) is -0.169. The number of sulfone groups is 1. The maximum atomic E-state index is 11.5. The number of carbonyl (C=O) groups is 4. The molecule has 0 bridgehead atoms. The number of aliphatic hydroxyl groups is 1. The van der Waals surface area contributed by atoms with Gasteiger partial charge in [0.15, 0.2) is 15.6 Å². The van der Waals surface area contributed by atoms with Crippen LogP contribution in [0.2, 0.25) is 0 Å². The van der Waals surface area contributed by atoms with Crippen LogP contribution in [-0.2, 0) is 71.6 Å². The molecular weight excluding hydrogens is 977 g/mol. The summed E-state index contributed by atoms with van der Waals surface area (Å²) >= 11 is 0. The van der Waals surface area contributed by atoms with Crippen molar-refractivity contribution in [2.24, 2.45) is 0 Å². The molecule has 1 heterocycles. The van der Waals surface area contributed by atoms with E-state index in [4.69, 9.17) is 43.0 Å². The highest BCUT2D eigenvalue weighted by Gasteiger charge is 2.17. The highest BCUT2D eigenvalue weighted by Crippen LogP contribution is 2.09. The van der Waals surface area contributed by atoms with Crippen LogP contribution in [0.4, 0.5) is 0 Å². The minimum Gasteiger partial charge on any atom is -0.510 e. The summed E-state index contributed by atoms with van der Waals surface area (Å²) in [7, 11) is -2.94. The Morgan fingerprint density at radius 1 is 0.568 bits per heavy atom. The van der Waals surface area contributed by atoms with E-state index < -0.39 is 9.84 Å². The molecule has 448 valence electrons. The number of nitrogens with zero attached hydrogens (tertiary/aromatic N) is 1. The molecule has 1 rings (SSSR count). The van der Waals surface area contributed by atoms with Crippen molar-refractivity contribution >= 4 is 33.4 Å². The smallest absolute Gasteiger partial charge is 0.332 e. The number of piperidine rings is 1. The molecule has 18 nitrogen and oxygen atoms in total. The van der Waals surface area contributed by atoms with E-state index in [1.165, 1.54) is 26.2 Å². The first-order valence-corrected chi connectivity index (χ1v) is 28.7. The second-order valence-electron chi connectivity index (χ2n) is 20.1. The second-order valence-corrected chi connectivity index (χ2v) is 22.2. The quantitative estimate of drug-likeness (QED) is 0.0493. The summed E-state index contributed by atoms with van der Waals surface area (Å²) in [5.74, 6) is -0.219. The monoisotopic (exact) mass is 1090 g/mol. The van der Waals surface area contributed by atoms with Gasteiger partial charge in [0.2, 0.25) is 11.8 Å². The summed E-state index contributed by atoms with van der Waals surface area (Å²) in [5, 5.41) is 11.3. The number of nitrogens with one attached hydrogen (secondary N) is 1. The van der Waals surface area contributed by atoms with Gasteiger partial charge in [-0.3, -0.25) is 14.4 Å². The van der Waals surface area contributed by atoms with Crippen LogP contribution in [0.15, 0.2) is 12.3 Å². The van der Waals surface area contributed by atoms with Crippen molar-refractivity contribution in [2.75, 3.05) is 78.1 Å². The zero-order valence-corrected chi connectivity index (χ0v) is 52.4. The van der Waals surface area contributed by atoms with Crippen LogP contribution in [0.3, 0.4) is 0 Å². The summed E-state index contributed by atoms with van der Waals surface area (Å²) < 4.78 is 65.9. The Kier molecular flexibility index (Phi) is 65.0. The molecule has 0 atom stereocenters. The molecule has 19 heteroatoms. The van der Waals surface area contributed by atoms with Crippen LogP contribution in [0.1, 0.15) is 191 Å². The summed E-state index contributed by atoms with van der Waals surface area (Å²) in [6.07, 6.45) is 8.58. The molecule has 1 aliphatic rings. The molecule has 0 radical (unpaired) electrons. The van der Waals surface area contributed by atoms with Gasteiger partial charge in [-0.1, -0.05) is 19.9 Å². The number of ketones is 1. The molecule has 0 aromatic rings.